The highest BCUT2D eigenvalue weighted by Gasteiger charge is 2.25. The molecule has 0 unspecified atom stereocenters. The third-order valence-corrected chi connectivity index (χ3v) is 5.03. The van der Waals surface area contributed by atoms with Gasteiger partial charge in [-0.25, -0.2) is 13.8 Å². The van der Waals surface area contributed by atoms with Crippen LogP contribution in [-0.4, -0.2) is 17.6 Å². The molecule has 0 saturated heterocycles. The Morgan fingerprint density at radius 2 is 2.04 bits per heavy atom. The number of hydrogen-bond acceptors (Lipinski definition) is 6. The molecular weight excluding hydrogens is 350 g/mol. The monoisotopic (exact) mass is 362 g/mol. The highest BCUT2D eigenvalue weighted by molar-refractivity contribution is 7.21. The Labute approximate surface area is 145 Å². The Bertz CT molecular complexity index is 1020. The Hall–Kier alpha value is -2.74. The van der Waals surface area contributed by atoms with E-state index in [-0.39, 0.29) is 34.1 Å². The molecule has 5 nitrogen and oxygen atoms in total. The number of anilines is 1. The van der Waals surface area contributed by atoms with Crippen LogP contribution in [0, 0.1) is 6.92 Å². The van der Waals surface area contributed by atoms with Crippen molar-refractivity contribution in [3.05, 3.63) is 46.0 Å². The molecule has 128 valence electrons. The molecule has 1 aromatic carbocycles. The molecule has 0 radical (unpaired) electrons. The van der Waals surface area contributed by atoms with Gasteiger partial charge in [0.25, 0.3) is 6.43 Å². The van der Waals surface area contributed by atoms with Crippen molar-refractivity contribution in [2.24, 2.45) is 0 Å². The van der Waals surface area contributed by atoms with Crippen LogP contribution >= 0.6 is 11.3 Å². The van der Waals surface area contributed by atoms with Crippen molar-refractivity contribution in [3.63, 3.8) is 0 Å². The van der Waals surface area contributed by atoms with E-state index >= 15 is 0 Å². The molecule has 0 atom stereocenters. The van der Waals surface area contributed by atoms with Crippen molar-refractivity contribution in [2.75, 3.05) is 12.5 Å². The fourth-order valence-corrected chi connectivity index (χ4v) is 3.92. The number of rotatable bonds is 3. The zero-order valence-corrected chi connectivity index (χ0v) is 13.8. The Morgan fingerprint density at radius 3 is 2.80 bits per heavy atom. The van der Waals surface area contributed by atoms with E-state index in [2.05, 4.69) is 4.98 Å². The van der Waals surface area contributed by atoms with Crippen molar-refractivity contribution in [1.82, 2.24) is 4.98 Å². The number of halogens is 2. The molecule has 0 aliphatic carbocycles. The fourth-order valence-electron chi connectivity index (χ4n) is 2.79. The van der Waals surface area contributed by atoms with Gasteiger partial charge in [-0.15, -0.1) is 11.3 Å². The fraction of sp³-hybridized carbons (Fsp3) is 0.176. The van der Waals surface area contributed by atoms with Crippen LogP contribution in [-0.2, 0) is 0 Å². The lowest BCUT2D eigenvalue weighted by atomic mass is 10.1. The minimum Gasteiger partial charge on any atom is -0.454 e. The molecule has 25 heavy (non-hydrogen) atoms. The molecule has 1 aliphatic rings. The summed E-state index contributed by atoms with van der Waals surface area (Å²) in [5.74, 6) is 0.655. The normalized spacial score (nSPS) is 13.0. The summed E-state index contributed by atoms with van der Waals surface area (Å²) in [6.07, 6.45) is -2.70. The summed E-state index contributed by atoms with van der Waals surface area (Å²) in [7, 11) is 0. The number of carbonyl (C=O) groups is 1. The molecule has 0 fully saturated rings. The number of nitrogens with zero attached hydrogens (tertiary/aromatic N) is 1. The molecule has 0 spiro atoms. The van der Waals surface area contributed by atoms with E-state index in [1.807, 2.05) is 0 Å². The summed E-state index contributed by atoms with van der Waals surface area (Å²) in [5.41, 5.74) is 6.66. The van der Waals surface area contributed by atoms with Gasteiger partial charge in [0.1, 0.15) is 9.71 Å². The highest BCUT2D eigenvalue weighted by Crippen LogP contribution is 2.40. The molecule has 1 aliphatic heterocycles. The third kappa shape index (κ3) is 2.49. The first-order valence-corrected chi connectivity index (χ1v) is 8.19. The van der Waals surface area contributed by atoms with E-state index in [9.17, 15) is 13.6 Å². The maximum absolute atomic E-state index is 13.3. The van der Waals surface area contributed by atoms with Crippen LogP contribution < -0.4 is 15.2 Å². The molecule has 3 heterocycles. The Morgan fingerprint density at radius 1 is 1.28 bits per heavy atom. The second kappa shape index (κ2) is 5.66. The number of aryl methyl sites for hydroxylation is 1. The van der Waals surface area contributed by atoms with Gasteiger partial charge in [0, 0.05) is 22.2 Å². The van der Waals surface area contributed by atoms with E-state index < -0.39 is 6.43 Å². The van der Waals surface area contributed by atoms with Gasteiger partial charge in [0.2, 0.25) is 12.6 Å². The topological polar surface area (TPSA) is 74.4 Å². The lowest BCUT2D eigenvalue weighted by Gasteiger charge is -2.05. The van der Waals surface area contributed by atoms with Gasteiger partial charge in [-0.05, 0) is 31.2 Å². The maximum atomic E-state index is 13.3. The minimum atomic E-state index is -2.70. The number of ketones is 1. The molecule has 0 bridgehead atoms. The largest absolute Gasteiger partial charge is 0.454 e. The number of alkyl halides is 2. The van der Waals surface area contributed by atoms with E-state index in [1.54, 1.807) is 25.1 Å². The number of nitrogen functional groups attached to an aromatic ring is 1. The van der Waals surface area contributed by atoms with Gasteiger partial charge in [0.05, 0.1) is 5.69 Å². The molecular formula is C17H12F2N2O3S. The summed E-state index contributed by atoms with van der Waals surface area (Å²) in [4.78, 5) is 17.6. The first-order chi connectivity index (χ1) is 12.0. The van der Waals surface area contributed by atoms with Crippen LogP contribution in [0.1, 0.15) is 32.9 Å². The Kier molecular flexibility index (Phi) is 3.57. The lowest BCUT2D eigenvalue weighted by molar-refractivity contribution is 0.104. The molecule has 8 heteroatoms. The van der Waals surface area contributed by atoms with E-state index in [0.717, 1.165) is 11.3 Å². The van der Waals surface area contributed by atoms with Crippen LogP contribution in [0.2, 0.25) is 0 Å². The van der Waals surface area contributed by atoms with Crippen molar-refractivity contribution in [3.8, 4) is 11.5 Å². The Balaban J connectivity index is 1.85. The first-order valence-electron chi connectivity index (χ1n) is 7.37. The second-order valence-electron chi connectivity index (χ2n) is 5.58. The van der Waals surface area contributed by atoms with Gasteiger partial charge in [-0.1, -0.05) is 0 Å². The van der Waals surface area contributed by atoms with Gasteiger partial charge in [-0.2, -0.15) is 0 Å². The van der Waals surface area contributed by atoms with Gasteiger partial charge in [-0.3, -0.25) is 4.79 Å². The first kappa shape index (κ1) is 15.8. The molecule has 0 amide bonds. The molecule has 0 saturated carbocycles. The number of carbonyl (C=O) groups excluding carboxylic acids is 1. The van der Waals surface area contributed by atoms with Crippen LogP contribution in [0.15, 0.2) is 24.3 Å². The summed E-state index contributed by atoms with van der Waals surface area (Å²) in [6.45, 7) is 1.72. The predicted molar refractivity (Wildman–Crippen MR) is 89.7 cm³/mol. The van der Waals surface area contributed by atoms with Crippen LogP contribution in [0.4, 0.5) is 14.5 Å². The minimum absolute atomic E-state index is 0.0328. The predicted octanol–water partition coefficient (Wildman–Crippen LogP) is 4.08. The maximum Gasteiger partial charge on any atom is 0.264 e. The van der Waals surface area contributed by atoms with Crippen molar-refractivity contribution < 1.29 is 23.0 Å². The quantitative estimate of drug-likeness (QED) is 0.711. The van der Waals surface area contributed by atoms with Gasteiger partial charge in [0.15, 0.2) is 11.5 Å². The van der Waals surface area contributed by atoms with E-state index in [4.69, 9.17) is 15.2 Å². The summed E-state index contributed by atoms with van der Waals surface area (Å²) in [6, 6.07) is 6.07. The number of benzene rings is 1. The number of hydrogen-bond donors (Lipinski definition) is 1. The number of ether oxygens (including phenoxy) is 2. The summed E-state index contributed by atoms with van der Waals surface area (Å²) >= 11 is 1.01. The standard InChI is InChI=1S/C17H12F2N2O3S/c1-7-4-9(16(18)19)12-13(20)15(25-17(12)21-7)14(22)8-2-3-10-11(5-8)24-6-23-10/h2-5,16H,6,20H2,1H3. The summed E-state index contributed by atoms with van der Waals surface area (Å²) in [5, 5.41) is 0.148. The molecule has 4 rings (SSSR count). The number of thiophene rings is 1. The molecule has 2 aromatic heterocycles. The van der Waals surface area contributed by atoms with Gasteiger partial charge < -0.3 is 15.2 Å². The zero-order chi connectivity index (χ0) is 17.7. The van der Waals surface area contributed by atoms with Crippen LogP contribution in [0.3, 0.4) is 0 Å². The zero-order valence-electron chi connectivity index (χ0n) is 13.0. The number of aromatic nitrogens is 1. The molecule has 2 N–H and O–H groups in total. The number of fused-ring (bicyclic) bond motifs is 2. The third-order valence-electron chi connectivity index (χ3n) is 3.93. The number of pyridine rings is 1. The lowest BCUT2D eigenvalue weighted by Crippen LogP contribution is -2.02. The van der Waals surface area contributed by atoms with Crippen LogP contribution in [0.5, 0.6) is 11.5 Å². The van der Waals surface area contributed by atoms with Crippen LogP contribution in [0.25, 0.3) is 10.2 Å². The van der Waals surface area contributed by atoms with Crippen molar-refractivity contribution >= 4 is 33.0 Å². The smallest absolute Gasteiger partial charge is 0.264 e. The second-order valence-corrected chi connectivity index (χ2v) is 6.57. The van der Waals surface area contributed by atoms with E-state index in [0.29, 0.717) is 27.6 Å². The highest BCUT2D eigenvalue weighted by atomic mass is 32.1. The van der Waals surface area contributed by atoms with Crippen molar-refractivity contribution in [1.29, 1.82) is 0 Å². The number of nitrogens with two attached hydrogens (primary N) is 1. The van der Waals surface area contributed by atoms with E-state index in [1.165, 1.54) is 6.07 Å². The SMILES string of the molecule is Cc1cc(C(F)F)c2c(N)c(C(=O)c3ccc4c(c3)OCO4)sc2n1. The average Bonchev–Trinajstić information content (AvgIpc) is 3.17. The van der Waals surface area contributed by atoms with Gasteiger partial charge >= 0.3 is 0 Å². The summed E-state index contributed by atoms with van der Waals surface area (Å²) < 4.78 is 37.2. The average molecular weight is 362 g/mol. The van der Waals surface area contributed by atoms with Crippen molar-refractivity contribution in [2.45, 2.75) is 13.3 Å². The molecule has 3 aromatic rings.